The summed E-state index contributed by atoms with van der Waals surface area (Å²) in [6.07, 6.45) is 6.35. The van der Waals surface area contributed by atoms with E-state index in [9.17, 15) is 9.18 Å². The Balaban J connectivity index is 2.12. The van der Waals surface area contributed by atoms with Crippen molar-refractivity contribution in [3.63, 3.8) is 0 Å². The molecule has 1 aromatic heterocycles. The number of hydrogen-bond donors (Lipinski definition) is 0. The van der Waals surface area contributed by atoms with Crippen molar-refractivity contribution in [3.05, 3.63) is 24.0 Å². The Morgan fingerprint density at radius 2 is 2.41 bits per heavy atom. The summed E-state index contributed by atoms with van der Waals surface area (Å²) in [6, 6.07) is 0. The van der Waals surface area contributed by atoms with Crippen LogP contribution in [0.4, 0.5) is 4.39 Å². The molecule has 1 amide bonds. The molecule has 0 fully saturated rings. The van der Waals surface area contributed by atoms with Crippen molar-refractivity contribution in [3.8, 4) is 0 Å². The van der Waals surface area contributed by atoms with Gasteiger partial charge in [-0.3, -0.25) is 9.48 Å². The molecule has 1 aromatic rings. The van der Waals surface area contributed by atoms with Crippen molar-refractivity contribution in [2.24, 2.45) is 7.05 Å². The molecule has 0 aromatic carbocycles. The van der Waals surface area contributed by atoms with Crippen LogP contribution in [0.2, 0.25) is 0 Å². The van der Waals surface area contributed by atoms with Gasteiger partial charge in [0.05, 0.1) is 6.20 Å². The van der Waals surface area contributed by atoms with Crippen LogP contribution in [0.15, 0.2) is 18.5 Å². The van der Waals surface area contributed by atoms with Crippen molar-refractivity contribution in [1.82, 2.24) is 14.7 Å². The van der Waals surface area contributed by atoms with E-state index < -0.39 is 11.5 Å². The van der Waals surface area contributed by atoms with Crippen molar-refractivity contribution in [2.45, 2.75) is 12.1 Å². The highest BCUT2D eigenvalue weighted by Crippen LogP contribution is 2.21. The standard InChI is InChI=1S/C11H13ClFN3O/c1-15-6-9(5-14-15)8-3-2-4-16(7-8)11(17)10(12)13/h3,5-6,10H,2,4,7H2,1H3. The zero-order chi connectivity index (χ0) is 12.4. The van der Waals surface area contributed by atoms with Crippen LogP contribution in [0.5, 0.6) is 0 Å². The van der Waals surface area contributed by atoms with Crippen molar-refractivity contribution in [2.75, 3.05) is 13.1 Å². The fraction of sp³-hybridized carbons (Fsp3) is 0.455. The van der Waals surface area contributed by atoms with E-state index in [1.165, 1.54) is 4.90 Å². The van der Waals surface area contributed by atoms with Crippen LogP contribution >= 0.6 is 11.6 Å². The summed E-state index contributed by atoms with van der Waals surface area (Å²) in [5.74, 6) is -0.666. The van der Waals surface area contributed by atoms with E-state index in [1.807, 2.05) is 19.3 Å². The van der Waals surface area contributed by atoms with E-state index in [0.29, 0.717) is 19.5 Å². The molecule has 17 heavy (non-hydrogen) atoms. The third-order valence-corrected chi connectivity index (χ3v) is 2.91. The highest BCUT2D eigenvalue weighted by molar-refractivity contribution is 6.29. The van der Waals surface area contributed by atoms with Crippen LogP contribution < -0.4 is 0 Å². The van der Waals surface area contributed by atoms with Crippen LogP contribution in [-0.4, -0.2) is 39.3 Å². The number of halogens is 2. The normalized spacial score (nSPS) is 17.8. The minimum absolute atomic E-state index is 0.387. The van der Waals surface area contributed by atoms with E-state index in [1.54, 1.807) is 10.9 Å². The number of alkyl halides is 2. The van der Waals surface area contributed by atoms with Gasteiger partial charge in [-0.15, -0.1) is 0 Å². The monoisotopic (exact) mass is 257 g/mol. The summed E-state index contributed by atoms with van der Waals surface area (Å²) >= 11 is 5.17. The molecule has 2 heterocycles. The second kappa shape index (κ2) is 4.87. The summed E-state index contributed by atoms with van der Waals surface area (Å²) in [4.78, 5) is 12.9. The molecule has 1 atom stereocenters. The molecule has 0 spiro atoms. The predicted octanol–water partition coefficient (Wildman–Crippen LogP) is 1.57. The minimum atomic E-state index is -1.96. The van der Waals surface area contributed by atoms with Crippen LogP contribution in [0, 0.1) is 0 Å². The number of nitrogens with zero attached hydrogens (tertiary/aromatic N) is 3. The zero-order valence-electron chi connectivity index (χ0n) is 9.44. The lowest BCUT2D eigenvalue weighted by Crippen LogP contribution is -2.38. The Hall–Kier alpha value is -1.36. The van der Waals surface area contributed by atoms with Gasteiger partial charge in [0.1, 0.15) is 0 Å². The van der Waals surface area contributed by atoms with Crippen LogP contribution in [-0.2, 0) is 11.8 Å². The summed E-state index contributed by atoms with van der Waals surface area (Å²) < 4.78 is 14.4. The fourth-order valence-electron chi connectivity index (χ4n) is 1.87. The first-order valence-electron chi connectivity index (χ1n) is 5.33. The Kier molecular flexibility index (Phi) is 3.47. The topological polar surface area (TPSA) is 38.1 Å². The second-order valence-corrected chi connectivity index (χ2v) is 4.36. The van der Waals surface area contributed by atoms with Gasteiger partial charge in [-0.05, 0) is 12.0 Å². The maximum absolute atomic E-state index is 12.8. The first-order chi connectivity index (χ1) is 8.08. The molecular formula is C11H13ClFN3O. The Labute approximate surface area is 104 Å². The smallest absolute Gasteiger partial charge is 0.273 e. The lowest BCUT2D eigenvalue weighted by Gasteiger charge is -2.27. The van der Waals surface area contributed by atoms with Gasteiger partial charge in [0.15, 0.2) is 0 Å². The molecule has 0 aliphatic carbocycles. The van der Waals surface area contributed by atoms with Crippen LogP contribution in [0.25, 0.3) is 5.57 Å². The summed E-state index contributed by atoms with van der Waals surface area (Å²) in [7, 11) is 1.83. The first-order valence-corrected chi connectivity index (χ1v) is 5.76. The molecule has 0 saturated carbocycles. The lowest BCUT2D eigenvalue weighted by atomic mass is 10.0. The molecular weight excluding hydrogens is 245 g/mol. The van der Waals surface area contributed by atoms with Gasteiger partial charge in [-0.25, -0.2) is 4.39 Å². The molecule has 0 saturated heterocycles. The molecule has 4 nitrogen and oxygen atoms in total. The second-order valence-electron chi connectivity index (χ2n) is 3.98. The maximum atomic E-state index is 12.8. The van der Waals surface area contributed by atoms with Gasteiger partial charge in [-0.1, -0.05) is 17.7 Å². The number of amides is 1. The van der Waals surface area contributed by atoms with E-state index >= 15 is 0 Å². The van der Waals surface area contributed by atoms with Crippen LogP contribution in [0.3, 0.4) is 0 Å². The van der Waals surface area contributed by atoms with E-state index in [0.717, 1.165) is 11.1 Å². The highest BCUT2D eigenvalue weighted by atomic mass is 35.5. The van der Waals surface area contributed by atoms with Gasteiger partial charge in [0.25, 0.3) is 11.5 Å². The largest absolute Gasteiger partial charge is 0.334 e. The van der Waals surface area contributed by atoms with E-state index in [4.69, 9.17) is 11.6 Å². The number of aryl methyl sites for hydroxylation is 1. The molecule has 1 unspecified atom stereocenters. The summed E-state index contributed by atoms with van der Waals surface area (Å²) in [6.45, 7) is 0.896. The van der Waals surface area contributed by atoms with Gasteiger partial charge >= 0.3 is 0 Å². The quantitative estimate of drug-likeness (QED) is 0.755. The molecule has 0 bridgehead atoms. The molecule has 6 heteroatoms. The molecule has 1 aliphatic heterocycles. The zero-order valence-corrected chi connectivity index (χ0v) is 10.2. The third-order valence-electron chi connectivity index (χ3n) is 2.72. The molecule has 2 rings (SSSR count). The number of carbonyl (C=O) groups is 1. The van der Waals surface area contributed by atoms with Crippen molar-refractivity contribution in [1.29, 1.82) is 0 Å². The Morgan fingerprint density at radius 1 is 1.65 bits per heavy atom. The Bertz CT molecular complexity index is 455. The van der Waals surface area contributed by atoms with Gasteiger partial charge in [0.2, 0.25) is 0 Å². The Morgan fingerprint density at radius 3 is 3.00 bits per heavy atom. The molecule has 0 N–H and O–H groups in total. The third kappa shape index (κ3) is 2.66. The highest BCUT2D eigenvalue weighted by Gasteiger charge is 2.24. The SMILES string of the molecule is Cn1cc(C2=CCCN(C(=O)C(F)Cl)C2)cn1. The number of hydrogen-bond acceptors (Lipinski definition) is 2. The molecule has 92 valence electrons. The van der Waals surface area contributed by atoms with E-state index in [-0.39, 0.29) is 0 Å². The van der Waals surface area contributed by atoms with Crippen LogP contribution in [0.1, 0.15) is 12.0 Å². The van der Waals surface area contributed by atoms with Crippen molar-refractivity contribution >= 4 is 23.1 Å². The average molecular weight is 258 g/mol. The first kappa shape index (κ1) is 12.1. The summed E-state index contributed by atoms with van der Waals surface area (Å²) in [5, 5.41) is 4.07. The fourth-order valence-corrected chi connectivity index (χ4v) is 2.00. The van der Waals surface area contributed by atoms with Crippen molar-refractivity contribution < 1.29 is 9.18 Å². The maximum Gasteiger partial charge on any atom is 0.273 e. The molecule has 0 radical (unpaired) electrons. The summed E-state index contributed by atoms with van der Waals surface area (Å²) in [5.41, 5.74) is -0.0201. The average Bonchev–Trinajstić information content (AvgIpc) is 2.75. The predicted molar refractivity (Wildman–Crippen MR) is 63.1 cm³/mol. The van der Waals surface area contributed by atoms with Gasteiger partial charge in [0, 0.05) is 31.9 Å². The minimum Gasteiger partial charge on any atom is -0.334 e. The van der Waals surface area contributed by atoms with Gasteiger partial charge < -0.3 is 4.90 Å². The number of rotatable bonds is 2. The number of aromatic nitrogens is 2. The molecule has 1 aliphatic rings. The number of carbonyl (C=O) groups excluding carboxylic acids is 1. The van der Waals surface area contributed by atoms with E-state index in [2.05, 4.69) is 5.10 Å². The lowest BCUT2D eigenvalue weighted by molar-refractivity contribution is -0.133. The van der Waals surface area contributed by atoms with Gasteiger partial charge in [-0.2, -0.15) is 5.10 Å².